The number of hydrogen-bond acceptors (Lipinski definition) is 5. The number of rotatable bonds is 5. The maximum atomic E-state index is 11.9. The lowest BCUT2D eigenvalue weighted by molar-refractivity contribution is -0.133. The van der Waals surface area contributed by atoms with Crippen molar-refractivity contribution in [1.29, 1.82) is 0 Å². The first-order chi connectivity index (χ1) is 14.2. The maximum absolute atomic E-state index is 11.9. The maximum Gasteiger partial charge on any atom is 0.412 e. The van der Waals surface area contributed by atoms with Crippen molar-refractivity contribution < 1.29 is 24.2 Å². The van der Waals surface area contributed by atoms with Crippen LogP contribution in [0.3, 0.4) is 0 Å². The van der Waals surface area contributed by atoms with Crippen molar-refractivity contribution in [2.24, 2.45) is 0 Å². The van der Waals surface area contributed by atoms with Crippen LogP contribution >= 0.6 is 0 Å². The summed E-state index contributed by atoms with van der Waals surface area (Å²) in [4.78, 5) is 27.9. The number of hydrogen-bond donors (Lipinski definition) is 2. The highest BCUT2D eigenvalue weighted by Gasteiger charge is 2.19. The normalized spacial score (nSPS) is 11.8. The van der Waals surface area contributed by atoms with Crippen molar-refractivity contribution in [3.8, 4) is 11.6 Å². The molecule has 3 rings (SSSR count). The number of aromatic nitrogens is 1. The number of amides is 1. The van der Waals surface area contributed by atoms with Crippen molar-refractivity contribution in [2.45, 2.75) is 26.4 Å². The van der Waals surface area contributed by atoms with Crippen LogP contribution in [-0.2, 0) is 9.53 Å². The first-order valence-corrected chi connectivity index (χ1v) is 9.28. The molecule has 0 fully saturated rings. The Kier molecular flexibility index (Phi) is 6.01. The van der Waals surface area contributed by atoms with Crippen LogP contribution in [0.1, 0.15) is 26.3 Å². The predicted molar refractivity (Wildman–Crippen MR) is 113 cm³/mol. The first kappa shape index (κ1) is 20.9. The van der Waals surface area contributed by atoms with Gasteiger partial charge in [-0.2, -0.15) is 0 Å². The van der Waals surface area contributed by atoms with Crippen molar-refractivity contribution in [2.75, 3.05) is 0 Å². The Bertz CT molecular complexity index is 1100. The van der Waals surface area contributed by atoms with E-state index in [0.717, 1.165) is 5.39 Å². The van der Waals surface area contributed by atoms with Crippen LogP contribution in [0.15, 0.2) is 66.4 Å². The zero-order chi connectivity index (χ0) is 21.7. The summed E-state index contributed by atoms with van der Waals surface area (Å²) in [5, 5.41) is 12.5. The number of alkyl carbamates (subject to hydrolysis) is 1. The molecule has 0 radical (unpaired) electrons. The fraction of sp³-hybridized carbons (Fsp3) is 0.174. The molecule has 30 heavy (non-hydrogen) atoms. The number of nitrogens with zero attached hydrogens (tertiary/aromatic N) is 1. The average molecular weight is 406 g/mol. The lowest BCUT2D eigenvalue weighted by Gasteiger charge is -2.19. The zero-order valence-electron chi connectivity index (χ0n) is 16.9. The number of ether oxygens (including phenoxy) is 2. The Morgan fingerprint density at radius 3 is 2.43 bits per heavy atom. The van der Waals surface area contributed by atoms with Crippen LogP contribution in [-0.4, -0.2) is 27.8 Å². The Morgan fingerprint density at radius 1 is 1.03 bits per heavy atom. The molecule has 0 aliphatic rings. The second kappa shape index (κ2) is 8.65. The van der Waals surface area contributed by atoms with E-state index in [0.29, 0.717) is 22.7 Å². The van der Waals surface area contributed by atoms with Gasteiger partial charge in [0.25, 0.3) is 0 Å². The zero-order valence-corrected chi connectivity index (χ0v) is 16.9. The molecule has 0 saturated carbocycles. The van der Waals surface area contributed by atoms with Crippen LogP contribution in [0.2, 0.25) is 0 Å². The Labute approximate surface area is 174 Å². The molecule has 0 atom stereocenters. The minimum Gasteiger partial charge on any atom is -0.477 e. The summed E-state index contributed by atoms with van der Waals surface area (Å²) >= 11 is 0. The van der Waals surface area contributed by atoms with E-state index in [2.05, 4.69) is 10.3 Å². The highest BCUT2D eigenvalue weighted by Crippen LogP contribution is 2.23. The summed E-state index contributed by atoms with van der Waals surface area (Å²) in [6.07, 6.45) is 0.529. The summed E-state index contributed by atoms with van der Waals surface area (Å²) in [6, 6.07) is 18.1. The van der Waals surface area contributed by atoms with Crippen LogP contribution in [0.5, 0.6) is 11.6 Å². The second-order valence-corrected chi connectivity index (χ2v) is 7.51. The molecule has 1 heterocycles. The Balaban J connectivity index is 1.81. The first-order valence-electron chi connectivity index (χ1n) is 9.28. The Morgan fingerprint density at radius 2 is 1.77 bits per heavy atom. The molecule has 0 spiro atoms. The van der Waals surface area contributed by atoms with E-state index >= 15 is 0 Å². The van der Waals surface area contributed by atoms with Gasteiger partial charge in [0.1, 0.15) is 17.0 Å². The molecule has 3 aromatic rings. The molecule has 2 aromatic carbocycles. The van der Waals surface area contributed by atoms with Gasteiger partial charge in [-0.15, -0.1) is 0 Å². The highest BCUT2D eigenvalue weighted by atomic mass is 16.6. The summed E-state index contributed by atoms with van der Waals surface area (Å²) in [7, 11) is 0. The average Bonchev–Trinajstić information content (AvgIpc) is 2.67. The summed E-state index contributed by atoms with van der Waals surface area (Å²) < 4.78 is 10.8. The molecular formula is C23H22N2O5. The van der Waals surface area contributed by atoms with Crippen molar-refractivity contribution in [1.82, 2.24) is 10.3 Å². The number of fused-ring (bicyclic) bond motifs is 1. The third-order valence-corrected chi connectivity index (χ3v) is 3.83. The highest BCUT2D eigenvalue weighted by molar-refractivity contribution is 5.96. The lowest BCUT2D eigenvalue weighted by Crippen LogP contribution is -2.34. The minimum atomic E-state index is -1.27. The summed E-state index contributed by atoms with van der Waals surface area (Å²) in [5.41, 5.74) is 0.259. The van der Waals surface area contributed by atoms with E-state index < -0.39 is 17.7 Å². The van der Waals surface area contributed by atoms with Crippen molar-refractivity contribution in [3.63, 3.8) is 0 Å². The van der Waals surface area contributed by atoms with Gasteiger partial charge in [-0.25, -0.2) is 14.6 Å². The monoisotopic (exact) mass is 406 g/mol. The number of nitrogens with one attached hydrogen (secondary N) is 1. The van der Waals surface area contributed by atoms with Crippen LogP contribution in [0, 0.1) is 0 Å². The van der Waals surface area contributed by atoms with Gasteiger partial charge in [0.05, 0.1) is 5.52 Å². The number of carboxylic acids is 1. The van der Waals surface area contributed by atoms with E-state index in [-0.39, 0.29) is 5.70 Å². The lowest BCUT2D eigenvalue weighted by atomic mass is 10.1. The van der Waals surface area contributed by atoms with Gasteiger partial charge in [-0.05, 0) is 62.7 Å². The largest absolute Gasteiger partial charge is 0.477 e. The van der Waals surface area contributed by atoms with Gasteiger partial charge in [-0.3, -0.25) is 5.32 Å². The standard InChI is InChI=1S/C23H22N2O5/c1-23(2,3)30-22(28)25-19(21(26)27)14-15-9-11-18-16(13-15)10-12-20(24-18)29-17-7-5-4-6-8-17/h4-14H,1-3H3,(H,25,28)(H,26,27)/b19-14+. The van der Waals surface area contributed by atoms with Crippen molar-refractivity contribution in [3.05, 3.63) is 71.9 Å². The fourth-order valence-corrected chi connectivity index (χ4v) is 2.61. The third-order valence-electron chi connectivity index (χ3n) is 3.83. The smallest absolute Gasteiger partial charge is 0.412 e. The number of carbonyl (C=O) groups is 2. The molecule has 154 valence electrons. The number of para-hydroxylation sites is 1. The molecule has 7 heteroatoms. The van der Waals surface area contributed by atoms with Gasteiger partial charge < -0.3 is 14.6 Å². The molecule has 0 aliphatic carbocycles. The molecule has 1 aromatic heterocycles. The number of pyridine rings is 1. The quantitative estimate of drug-likeness (QED) is 0.580. The molecule has 0 saturated heterocycles. The predicted octanol–water partition coefficient (Wildman–Crippen LogP) is 4.98. The number of carbonyl (C=O) groups excluding carboxylic acids is 1. The van der Waals surface area contributed by atoms with E-state index in [4.69, 9.17) is 9.47 Å². The van der Waals surface area contributed by atoms with Gasteiger partial charge in [0.2, 0.25) is 5.88 Å². The molecule has 1 amide bonds. The fourth-order valence-electron chi connectivity index (χ4n) is 2.61. The van der Waals surface area contributed by atoms with Gasteiger partial charge in [0.15, 0.2) is 0 Å². The Hall–Kier alpha value is -3.87. The molecular weight excluding hydrogens is 384 g/mol. The van der Waals surface area contributed by atoms with E-state index in [1.807, 2.05) is 36.4 Å². The summed E-state index contributed by atoms with van der Waals surface area (Å²) in [6.45, 7) is 5.09. The van der Waals surface area contributed by atoms with Gasteiger partial charge in [-0.1, -0.05) is 24.3 Å². The number of aliphatic carboxylic acids is 1. The second-order valence-electron chi connectivity index (χ2n) is 7.51. The van der Waals surface area contributed by atoms with E-state index in [1.165, 1.54) is 6.08 Å². The molecule has 2 N–H and O–H groups in total. The van der Waals surface area contributed by atoms with Gasteiger partial charge >= 0.3 is 12.1 Å². The summed E-state index contributed by atoms with van der Waals surface area (Å²) in [5.74, 6) is -0.135. The number of carboxylic acid groups (broad SMARTS) is 1. The SMILES string of the molecule is CC(C)(C)OC(=O)N/C(=C/c1ccc2nc(Oc3ccccc3)ccc2c1)C(=O)O. The van der Waals surface area contributed by atoms with Crippen LogP contribution < -0.4 is 10.1 Å². The topological polar surface area (TPSA) is 97.8 Å². The van der Waals surface area contributed by atoms with E-state index in [1.54, 1.807) is 45.0 Å². The third kappa shape index (κ3) is 5.81. The minimum absolute atomic E-state index is 0.291. The molecule has 7 nitrogen and oxygen atoms in total. The van der Waals surface area contributed by atoms with Crippen molar-refractivity contribution >= 4 is 29.0 Å². The van der Waals surface area contributed by atoms with Crippen LogP contribution in [0.4, 0.5) is 4.79 Å². The number of benzene rings is 2. The molecule has 0 unspecified atom stereocenters. The molecule has 0 bridgehead atoms. The van der Waals surface area contributed by atoms with E-state index in [9.17, 15) is 14.7 Å². The van der Waals surface area contributed by atoms with Gasteiger partial charge in [0, 0.05) is 11.5 Å². The molecule has 0 aliphatic heterocycles. The van der Waals surface area contributed by atoms with Crippen LogP contribution in [0.25, 0.3) is 17.0 Å².